The van der Waals surface area contributed by atoms with Crippen LogP contribution in [0.25, 0.3) is 0 Å². The van der Waals surface area contributed by atoms with Crippen molar-refractivity contribution in [3.05, 3.63) is 108 Å². The van der Waals surface area contributed by atoms with Crippen LogP contribution in [0.4, 0.5) is 0 Å². The SMILES string of the molecule is CC(CN(C)CCc1ccccc1)C(O)(Cc1ccccc1)Cc1ccccc1.O=C(O)C(=O)O. The second kappa shape index (κ2) is 14.0. The first kappa shape index (κ1) is 27.8. The molecule has 0 saturated heterocycles. The van der Waals surface area contributed by atoms with Gasteiger partial charge < -0.3 is 20.2 Å². The van der Waals surface area contributed by atoms with Crippen molar-refractivity contribution in [2.24, 2.45) is 5.92 Å². The minimum absolute atomic E-state index is 0.142. The normalized spacial score (nSPS) is 11.9. The Kier molecular flexibility index (Phi) is 11.1. The standard InChI is InChI=1S/C27H33NO.C2H2O4/c1-23(22-28(2)19-18-24-12-6-3-7-13-24)27(29,20-25-14-8-4-9-15-25)21-26-16-10-5-11-17-26;3-1(4)2(5)6/h3-17,23,29H,18-22H2,1-2H3;(H,3,4)(H,5,6). The highest BCUT2D eigenvalue weighted by atomic mass is 16.4. The molecule has 3 aromatic rings. The third-order valence-corrected chi connectivity index (χ3v) is 6.02. The molecule has 1 unspecified atom stereocenters. The first-order valence-corrected chi connectivity index (χ1v) is 11.7. The lowest BCUT2D eigenvalue weighted by Gasteiger charge is -2.37. The summed E-state index contributed by atoms with van der Waals surface area (Å²) in [4.78, 5) is 20.5. The van der Waals surface area contributed by atoms with Crippen molar-refractivity contribution < 1.29 is 24.9 Å². The number of carbonyl (C=O) groups is 2. The van der Waals surface area contributed by atoms with Crippen molar-refractivity contribution in [1.29, 1.82) is 0 Å². The topological polar surface area (TPSA) is 98.1 Å². The van der Waals surface area contributed by atoms with E-state index < -0.39 is 17.5 Å². The van der Waals surface area contributed by atoms with Gasteiger partial charge in [-0.15, -0.1) is 0 Å². The van der Waals surface area contributed by atoms with E-state index in [1.54, 1.807) is 0 Å². The molecule has 6 nitrogen and oxygen atoms in total. The van der Waals surface area contributed by atoms with Crippen LogP contribution < -0.4 is 0 Å². The average molecular weight is 478 g/mol. The van der Waals surface area contributed by atoms with E-state index in [0.717, 1.165) is 19.5 Å². The predicted octanol–water partition coefficient (Wildman–Crippen LogP) is 4.17. The van der Waals surface area contributed by atoms with Crippen LogP contribution >= 0.6 is 0 Å². The van der Waals surface area contributed by atoms with Crippen LogP contribution in [-0.4, -0.2) is 57.9 Å². The Balaban J connectivity index is 0.000000641. The lowest BCUT2D eigenvalue weighted by molar-refractivity contribution is -0.159. The molecule has 3 aromatic carbocycles. The molecule has 0 aliphatic heterocycles. The molecule has 0 aliphatic carbocycles. The Morgan fingerprint density at radius 3 is 1.49 bits per heavy atom. The Hall–Kier alpha value is -3.48. The Morgan fingerprint density at radius 2 is 1.11 bits per heavy atom. The maximum Gasteiger partial charge on any atom is 0.414 e. The molecular weight excluding hydrogens is 442 g/mol. The van der Waals surface area contributed by atoms with Crippen LogP contribution in [0, 0.1) is 5.92 Å². The van der Waals surface area contributed by atoms with Crippen LogP contribution in [0.15, 0.2) is 91.0 Å². The Morgan fingerprint density at radius 1 is 0.743 bits per heavy atom. The molecule has 0 amide bonds. The van der Waals surface area contributed by atoms with Gasteiger partial charge in [-0.25, -0.2) is 9.59 Å². The Labute approximate surface area is 207 Å². The zero-order chi connectivity index (χ0) is 25.7. The predicted molar refractivity (Wildman–Crippen MR) is 137 cm³/mol. The summed E-state index contributed by atoms with van der Waals surface area (Å²) in [6.07, 6.45) is 2.35. The quantitative estimate of drug-likeness (QED) is 0.379. The van der Waals surface area contributed by atoms with Gasteiger partial charge in [-0.1, -0.05) is 97.9 Å². The van der Waals surface area contributed by atoms with E-state index in [9.17, 15) is 5.11 Å². The fourth-order valence-corrected chi connectivity index (χ4v) is 4.00. The Bertz CT molecular complexity index is 971. The van der Waals surface area contributed by atoms with Gasteiger partial charge >= 0.3 is 11.9 Å². The summed E-state index contributed by atoms with van der Waals surface area (Å²) in [5.74, 6) is -3.51. The fourth-order valence-electron chi connectivity index (χ4n) is 4.00. The number of rotatable bonds is 10. The summed E-state index contributed by atoms with van der Waals surface area (Å²) in [6.45, 7) is 4.04. The van der Waals surface area contributed by atoms with E-state index in [1.807, 2.05) is 12.1 Å². The number of aliphatic carboxylic acids is 2. The van der Waals surface area contributed by atoms with Gasteiger partial charge in [0.1, 0.15) is 0 Å². The molecule has 0 spiro atoms. The van der Waals surface area contributed by atoms with Gasteiger partial charge in [-0.2, -0.15) is 0 Å². The summed E-state index contributed by atoms with van der Waals surface area (Å²) in [6, 6.07) is 31.3. The molecule has 0 heterocycles. The molecule has 0 aliphatic rings. The van der Waals surface area contributed by atoms with Gasteiger partial charge in [0.05, 0.1) is 5.60 Å². The number of benzene rings is 3. The number of hydrogen-bond acceptors (Lipinski definition) is 4. The smallest absolute Gasteiger partial charge is 0.414 e. The van der Waals surface area contributed by atoms with Crippen LogP contribution in [0.5, 0.6) is 0 Å². The van der Waals surface area contributed by atoms with Crippen molar-refractivity contribution in [3.8, 4) is 0 Å². The number of aliphatic hydroxyl groups is 1. The van der Waals surface area contributed by atoms with E-state index in [4.69, 9.17) is 19.8 Å². The van der Waals surface area contributed by atoms with Crippen LogP contribution in [-0.2, 0) is 28.9 Å². The first-order chi connectivity index (χ1) is 16.7. The number of hydrogen-bond donors (Lipinski definition) is 3. The summed E-state index contributed by atoms with van der Waals surface area (Å²) >= 11 is 0. The first-order valence-electron chi connectivity index (χ1n) is 11.7. The summed E-state index contributed by atoms with van der Waals surface area (Å²) < 4.78 is 0. The monoisotopic (exact) mass is 477 g/mol. The van der Waals surface area contributed by atoms with E-state index >= 15 is 0 Å². The van der Waals surface area contributed by atoms with Crippen molar-refractivity contribution in [2.75, 3.05) is 20.1 Å². The van der Waals surface area contributed by atoms with Gasteiger partial charge in [0.25, 0.3) is 0 Å². The second-order valence-electron chi connectivity index (χ2n) is 8.94. The van der Waals surface area contributed by atoms with E-state index in [0.29, 0.717) is 12.8 Å². The molecular formula is C29H35NO5. The molecule has 0 saturated carbocycles. The second-order valence-corrected chi connectivity index (χ2v) is 8.94. The molecule has 0 bridgehead atoms. The lowest BCUT2D eigenvalue weighted by Crippen LogP contribution is -2.46. The maximum absolute atomic E-state index is 11.8. The molecule has 0 aromatic heterocycles. The zero-order valence-electron chi connectivity index (χ0n) is 20.4. The van der Waals surface area contributed by atoms with Gasteiger partial charge in [-0.3, -0.25) is 0 Å². The minimum atomic E-state index is -1.82. The van der Waals surface area contributed by atoms with E-state index in [1.165, 1.54) is 16.7 Å². The molecule has 6 heteroatoms. The van der Waals surface area contributed by atoms with Gasteiger partial charge in [0, 0.05) is 25.9 Å². The molecule has 0 fully saturated rings. The molecule has 186 valence electrons. The highest BCUT2D eigenvalue weighted by Crippen LogP contribution is 2.28. The number of nitrogens with zero attached hydrogens (tertiary/aromatic N) is 1. The molecule has 1 atom stereocenters. The summed E-state index contributed by atoms with van der Waals surface area (Å²) in [5, 5.41) is 26.6. The average Bonchev–Trinajstić information content (AvgIpc) is 2.85. The third-order valence-electron chi connectivity index (χ3n) is 6.02. The van der Waals surface area contributed by atoms with Crippen LogP contribution in [0.2, 0.25) is 0 Å². The summed E-state index contributed by atoms with van der Waals surface area (Å²) in [7, 11) is 2.16. The van der Waals surface area contributed by atoms with Crippen molar-refractivity contribution in [3.63, 3.8) is 0 Å². The van der Waals surface area contributed by atoms with Gasteiger partial charge in [0.15, 0.2) is 0 Å². The maximum atomic E-state index is 11.8. The number of carboxylic acid groups (broad SMARTS) is 2. The van der Waals surface area contributed by atoms with Crippen molar-refractivity contribution >= 4 is 11.9 Å². The third kappa shape index (κ3) is 10.1. The van der Waals surface area contributed by atoms with Gasteiger partial charge in [0.2, 0.25) is 0 Å². The number of likely N-dealkylation sites (N-methyl/N-ethyl adjacent to an activating group) is 1. The fraction of sp³-hybridized carbons (Fsp3) is 0.310. The minimum Gasteiger partial charge on any atom is -0.473 e. The van der Waals surface area contributed by atoms with Gasteiger partial charge in [-0.05, 0) is 36.1 Å². The molecule has 3 N–H and O–H groups in total. The highest BCUT2D eigenvalue weighted by Gasteiger charge is 2.34. The largest absolute Gasteiger partial charge is 0.473 e. The van der Waals surface area contributed by atoms with Crippen LogP contribution in [0.1, 0.15) is 23.6 Å². The van der Waals surface area contributed by atoms with E-state index in [-0.39, 0.29) is 5.92 Å². The van der Waals surface area contributed by atoms with Crippen molar-refractivity contribution in [1.82, 2.24) is 4.90 Å². The van der Waals surface area contributed by atoms with E-state index in [2.05, 4.69) is 97.7 Å². The molecule has 35 heavy (non-hydrogen) atoms. The zero-order valence-corrected chi connectivity index (χ0v) is 20.4. The number of carboxylic acids is 2. The van der Waals surface area contributed by atoms with Crippen LogP contribution in [0.3, 0.4) is 0 Å². The van der Waals surface area contributed by atoms with Crippen molar-refractivity contribution in [2.45, 2.75) is 31.8 Å². The lowest BCUT2D eigenvalue weighted by atomic mass is 9.78. The highest BCUT2D eigenvalue weighted by molar-refractivity contribution is 6.27. The summed E-state index contributed by atoms with van der Waals surface area (Å²) in [5.41, 5.74) is 2.94. The molecule has 3 rings (SSSR count). The molecule has 0 radical (unpaired) electrons.